The molecule has 0 saturated heterocycles. The van der Waals surface area contributed by atoms with Crippen LogP contribution in [0.5, 0.6) is 0 Å². The minimum atomic E-state index is 0.424. The minimum Gasteiger partial charge on any atom is -0.383 e. The summed E-state index contributed by atoms with van der Waals surface area (Å²) in [7, 11) is 1.91. The Morgan fingerprint density at radius 1 is 1.47 bits per heavy atom. The number of aromatic nitrogens is 5. The van der Waals surface area contributed by atoms with Crippen LogP contribution in [-0.2, 0) is 13.5 Å². The fourth-order valence-corrected chi connectivity index (χ4v) is 1.74. The Hall–Kier alpha value is -1.70. The van der Waals surface area contributed by atoms with Gasteiger partial charge in [-0.1, -0.05) is 0 Å². The molecule has 0 bridgehead atoms. The summed E-state index contributed by atoms with van der Waals surface area (Å²) in [5.41, 5.74) is 5.60. The molecule has 0 amide bonds. The molecule has 7 nitrogen and oxygen atoms in total. The molecule has 0 unspecified atom stereocenters. The van der Waals surface area contributed by atoms with E-state index >= 15 is 0 Å². The Kier molecular flexibility index (Phi) is 3.52. The minimum absolute atomic E-state index is 0.424. The van der Waals surface area contributed by atoms with Crippen LogP contribution in [0.3, 0.4) is 0 Å². The van der Waals surface area contributed by atoms with Gasteiger partial charge in [-0.15, -0.1) is 10.2 Å². The van der Waals surface area contributed by atoms with Crippen molar-refractivity contribution in [2.45, 2.75) is 6.42 Å². The van der Waals surface area contributed by atoms with Crippen LogP contribution in [-0.4, -0.2) is 31.3 Å². The zero-order valence-corrected chi connectivity index (χ0v) is 10.8. The number of halogens is 1. The molecule has 90 valence electrons. The van der Waals surface area contributed by atoms with E-state index in [2.05, 4.69) is 41.4 Å². The smallest absolute Gasteiger partial charge is 0.225 e. The molecule has 17 heavy (non-hydrogen) atoms. The highest BCUT2D eigenvalue weighted by molar-refractivity contribution is 9.10. The monoisotopic (exact) mass is 297 g/mol. The first-order valence-corrected chi connectivity index (χ1v) is 5.81. The third kappa shape index (κ3) is 3.13. The molecule has 0 radical (unpaired) electrons. The van der Waals surface area contributed by atoms with E-state index in [0.29, 0.717) is 22.9 Å². The number of nitrogen functional groups attached to an aromatic ring is 1. The molecule has 2 rings (SSSR count). The van der Waals surface area contributed by atoms with Crippen molar-refractivity contribution in [2.24, 2.45) is 7.05 Å². The molecule has 0 saturated carbocycles. The van der Waals surface area contributed by atoms with Crippen LogP contribution in [0.1, 0.15) is 5.82 Å². The SMILES string of the molecule is Cn1cnnc1CCNc1nc(N)cc(Br)n1. The van der Waals surface area contributed by atoms with E-state index in [-0.39, 0.29) is 0 Å². The summed E-state index contributed by atoms with van der Waals surface area (Å²) in [5, 5.41) is 10.9. The molecule has 0 spiro atoms. The van der Waals surface area contributed by atoms with Gasteiger partial charge in [0, 0.05) is 26.1 Å². The maximum atomic E-state index is 5.60. The zero-order chi connectivity index (χ0) is 12.3. The van der Waals surface area contributed by atoms with Crippen molar-refractivity contribution in [2.75, 3.05) is 17.6 Å². The van der Waals surface area contributed by atoms with Gasteiger partial charge in [-0.25, -0.2) is 4.98 Å². The molecule has 2 aromatic rings. The van der Waals surface area contributed by atoms with Gasteiger partial charge in [-0.2, -0.15) is 4.98 Å². The normalized spacial score (nSPS) is 10.5. The third-order valence-corrected chi connectivity index (χ3v) is 2.56. The highest BCUT2D eigenvalue weighted by atomic mass is 79.9. The first-order chi connectivity index (χ1) is 8.15. The van der Waals surface area contributed by atoms with Crippen molar-refractivity contribution < 1.29 is 0 Å². The number of anilines is 2. The maximum Gasteiger partial charge on any atom is 0.225 e. The second kappa shape index (κ2) is 5.09. The number of aryl methyl sites for hydroxylation is 1. The highest BCUT2D eigenvalue weighted by Crippen LogP contribution is 2.12. The summed E-state index contributed by atoms with van der Waals surface area (Å²) in [5.74, 6) is 1.83. The standard InChI is InChI=1S/C9H12BrN7/c1-17-5-13-16-8(17)2-3-12-9-14-6(10)4-7(11)15-9/h4-5H,2-3H2,1H3,(H3,11,12,14,15). The first kappa shape index (κ1) is 11.8. The number of nitrogens with zero attached hydrogens (tertiary/aromatic N) is 5. The van der Waals surface area contributed by atoms with Crippen molar-refractivity contribution in [3.05, 3.63) is 22.8 Å². The Morgan fingerprint density at radius 3 is 2.94 bits per heavy atom. The van der Waals surface area contributed by atoms with Crippen molar-refractivity contribution in [1.29, 1.82) is 0 Å². The van der Waals surface area contributed by atoms with E-state index in [1.165, 1.54) is 0 Å². The average molecular weight is 298 g/mol. The lowest BCUT2D eigenvalue weighted by Crippen LogP contribution is -2.11. The molecule has 0 aliphatic rings. The van der Waals surface area contributed by atoms with Gasteiger partial charge >= 0.3 is 0 Å². The van der Waals surface area contributed by atoms with Gasteiger partial charge in [0.2, 0.25) is 5.95 Å². The quantitative estimate of drug-likeness (QED) is 0.803. The molecular weight excluding hydrogens is 286 g/mol. The number of hydrogen-bond donors (Lipinski definition) is 2. The first-order valence-electron chi connectivity index (χ1n) is 5.02. The zero-order valence-electron chi connectivity index (χ0n) is 9.26. The van der Waals surface area contributed by atoms with Crippen LogP contribution in [0.2, 0.25) is 0 Å². The Balaban J connectivity index is 1.92. The van der Waals surface area contributed by atoms with Crippen molar-refractivity contribution in [3.63, 3.8) is 0 Å². The van der Waals surface area contributed by atoms with Gasteiger partial charge in [-0.05, 0) is 15.9 Å². The predicted octanol–water partition coefficient (Wildman–Crippen LogP) is 0.604. The van der Waals surface area contributed by atoms with Crippen molar-refractivity contribution in [1.82, 2.24) is 24.7 Å². The molecule has 0 atom stereocenters. The van der Waals surface area contributed by atoms with E-state index in [1.54, 1.807) is 12.4 Å². The molecule has 8 heteroatoms. The van der Waals surface area contributed by atoms with E-state index in [4.69, 9.17) is 5.73 Å². The lowest BCUT2D eigenvalue weighted by Gasteiger charge is -2.05. The lowest BCUT2D eigenvalue weighted by atomic mass is 10.4. The summed E-state index contributed by atoms with van der Waals surface area (Å²) < 4.78 is 2.53. The molecular formula is C9H12BrN7. The van der Waals surface area contributed by atoms with Gasteiger partial charge in [0.05, 0.1) is 0 Å². The van der Waals surface area contributed by atoms with Crippen molar-refractivity contribution in [3.8, 4) is 0 Å². The summed E-state index contributed by atoms with van der Waals surface area (Å²) in [6, 6.07) is 1.65. The molecule has 0 fully saturated rings. The second-order valence-electron chi connectivity index (χ2n) is 3.47. The van der Waals surface area contributed by atoms with E-state index in [1.807, 2.05) is 11.6 Å². The molecule has 2 heterocycles. The summed E-state index contributed by atoms with van der Waals surface area (Å²) >= 11 is 3.26. The van der Waals surface area contributed by atoms with E-state index < -0.39 is 0 Å². The van der Waals surface area contributed by atoms with Gasteiger partial charge in [0.1, 0.15) is 22.6 Å². The molecule has 2 aromatic heterocycles. The summed E-state index contributed by atoms with van der Waals surface area (Å²) in [6.45, 7) is 0.669. The number of nitrogens with one attached hydrogen (secondary N) is 1. The van der Waals surface area contributed by atoms with Gasteiger partial charge in [0.15, 0.2) is 0 Å². The van der Waals surface area contributed by atoms with Crippen LogP contribution in [0.15, 0.2) is 17.0 Å². The predicted molar refractivity (Wildman–Crippen MR) is 67.3 cm³/mol. The van der Waals surface area contributed by atoms with Gasteiger partial charge in [-0.3, -0.25) is 0 Å². The van der Waals surface area contributed by atoms with E-state index in [0.717, 1.165) is 12.2 Å². The van der Waals surface area contributed by atoms with Crippen LogP contribution in [0.25, 0.3) is 0 Å². The third-order valence-electron chi connectivity index (χ3n) is 2.15. The Morgan fingerprint density at radius 2 is 2.29 bits per heavy atom. The molecule has 0 aromatic carbocycles. The number of hydrogen-bond acceptors (Lipinski definition) is 6. The van der Waals surface area contributed by atoms with Crippen molar-refractivity contribution >= 4 is 27.7 Å². The highest BCUT2D eigenvalue weighted by Gasteiger charge is 2.02. The molecule has 3 N–H and O–H groups in total. The summed E-state index contributed by atoms with van der Waals surface area (Å²) in [4.78, 5) is 8.20. The van der Waals surface area contributed by atoms with Crippen LogP contribution in [0, 0.1) is 0 Å². The number of nitrogens with two attached hydrogens (primary N) is 1. The topological polar surface area (TPSA) is 94.5 Å². The molecule has 0 aliphatic carbocycles. The lowest BCUT2D eigenvalue weighted by molar-refractivity contribution is 0.785. The fraction of sp³-hybridized carbons (Fsp3) is 0.333. The second-order valence-corrected chi connectivity index (χ2v) is 4.29. The van der Waals surface area contributed by atoms with Crippen LogP contribution >= 0.6 is 15.9 Å². The van der Waals surface area contributed by atoms with Gasteiger partial charge in [0.25, 0.3) is 0 Å². The maximum absolute atomic E-state index is 5.60. The van der Waals surface area contributed by atoms with E-state index in [9.17, 15) is 0 Å². The number of rotatable bonds is 4. The van der Waals surface area contributed by atoms with Crippen LogP contribution < -0.4 is 11.1 Å². The Labute approximate surface area is 107 Å². The average Bonchev–Trinajstić information content (AvgIpc) is 2.63. The summed E-state index contributed by atoms with van der Waals surface area (Å²) in [6.07, 6.45) is 2.41. The largest absolute Gasteiger partial charge is 0.383 e. The van der Waals surface area contributed by atoms with Crippen LogP contribution in [0.4, 0.5) is 11.8 Å². The Bertz CT molecular complexity index is 490. The van der Waals surface area contributed by atoms with Gasteiger partial charge < -0.3 is 15.6 Å². The molecule has 0 aliphatic heterocycles. The fourth-order valence-electron chi connectivity index (χ4n) is 1.33.